The van der Waals surface area contributed by atoms with Crippen molar-refractivity contribution in [3.05, 3.63) is 61.5 Å². The van der Waals surface area contributed by atoms with Gasteiger partial charge in [-0.15, -0.1) is 11.6 Å². The van der Waals surface area contributed by atoms with Gasteiger partial charge >= 0.3 is 0 Å². The van der Waals surface area contributed by atoms with E-state index >= 15 is 0 Å². The number of benzene rings is 2. The predicted molar refractivity (Wildman–Crippen MR) is 87.5 cm³/mol. The van der Waals surface area contributed by atoms with Crippen molar-refractivity contribution in [2.45, 2.75) is 5.38 Å². The number of methoxy groups -OCH3 is 1. The highest BCUT2D eigenvalue weighted by Crippen LogP contribution is 2.37. The molecule has 1 unspecified atom stereocenters. The van der Waals surface area contributed by atoms with Crippen LogP contribution in [0.3, 0.4) is 0 Å². The molecular formula is C14H10Br2Cl2O. The van der Waals surface area contributed by atoms with Gasteiger partial charge in [0.25, 0.3) is 0 Å². The van der Waals surface area contributed by atoms with Crippen molar-refractivity contribution < 1.29 is 4.74 Å². The summed E-state index contributed by atoms with van der Waals surface area (Å²) in [4.78, 5) is 0. The van der Waals surface area contributed by atoms with Crippen LogP contribution in [0.1, 0.15) is 16.5 Å². The first-order valence-corrected chi connectivity index (χ1v) is 7.85. The van der Waals surface area contributed by atoms with Gasteiger partial charge in [-0.05, 0) is 41.5 Å². The van der Waals surface area contributed by atoms with Crippen molar-refractivity contribution in [2.75, 3.05) is 7.11 Å². The number of hydrogen-bond acceptors (Lipinski definition) is 1. The van der Waals surface area contributed by atoms with Crippen molar-refractivity contribution in [1.82, 2.24) is 0 Å². The molecule has 5 heteroatoms. The van der Waals surface area contributed by atoms with E-state index in [2.05, 4.69) is 31.9 Å². The van der Waals surface area contributed by atoms with Gasteiger partial charge in [0.15, 0.2) is 0 Å². The van der Waals surface area contributed by atoms with Crippen molar-refractivity contribution >= 4 is 55.1 Å². The van der Waals surface area contributed by atoms with Crippen molar-refractivity contribution in [2.24, 2.45) is 0 Å². The molecule has 0 amide bonds. The maximum Gasteiger partial charge on any atom is 0.137 e. The summed E-state index contributed by atoms with van der Waals surface area (Å²) >= 11 is 19.6. The van der Waals surface area contributed by atoms with Crippen LogP contribution in [0.25, 0.3) is 0 Å². The monoisotopic (exact) mass is 422 g/mol. The molecule has 1 nitrogen and oxygen atoms in total. The molecule has 0 fully saturated rings. The summed E-state index contributed by atoms with van der Waals surface area (Å²) in [6.45, 7) is 0. The van der Waals surface area contributed by atoms with E-state index in [4.69, 9.17) is 27.9 Å². The van der Waals surface area contributed by atoms with Gasteiger partial charge in [-0.25, -0.2) is 0 Å². The zero-order valence-electron chi connectivity index (χ0n) is 9.96. The Hall–Kier alpha value is -0.220. The van der Waals surface area contributed by atoms with Crippen LogP contribution < -0.4 is 4.74 Å². The summed E-state index contributed by atoms with van der Waals surface area (Å²) in [5.41, 5.74) is 1.91. The fourth-order valence-electron chi connectivity index (χ4n) is 1.73. The zero-order valence-corrected chi connectivity index (χ0v) is 14.6. The molecule has 0 saturated carbocycles. The summed E-state index contributed by atoms with van der Waals surface area (Å²) in [7, 11) is 1.59. The molecule has 0 N–H and O–H groups in total. The Bertz CT molecular complexity index is 602. The van der Waals surface area contributed by atoms with Crippen LogP contribution in [0.2, 0.25) is 5.02 Å². The minimum Gasteiger partial charge on any atom is -0.495 e. The summed E-state index contributed by atoms with van der Waals surface area (Å²) in [6, 6.07) is 11.5. The first-order valence-electron chi connectivity index (χ1n) is 5.45. The lowest BCUT2D eigenvalue weighted by Gasteiger charge is -2.14. The zero-order chi connectivity index (χ0) is 14.0. The van der Waals surface area contributed by atoms with Crippen LogP contribution in [0, 0.1) is 0 Å². The largest absolute Gasteiger partial charge is 0.495 e. The standard InChI is InChI=1S/C14H10Br2Cl2O/c1-19-13-5-2-8(6-12(13)17)14(18)10-7-9(15)3-4-11(10)16/h2-7,14H,1H3. The molecule has 0 heterocycles. The van der Waals surface area contributed by atoms with Gasteiger partial charge in [0.1, 0.15) is 5.75 Å². The van der Waals surface area contributed by atoms with E-state index in [9.17, 15) is 0 Å². The smallest absolute Gasteiger partial charge is 0.137 e. The lowest BCUT2D eigenvalue weighted by Crippen LogP contribution is -1.96. The second-order valence-corrected chi connectivity index (χ2v) is 6.54. The molecule has 0 aliphatic heterocycles. The summed E-state index contributed by atoms with van der Waals surface area (Å²) < 4.78 is 7.08. The number of halogens is 4. The summed E-state index contributed by atoms with van der Waals surface area (Å²) in [6.07, 6.45) is 0. The van der Waals surface area contributed by atoms with Gasteiger partial charge in [0.05, 0.1) is 17.5 Å². The van der Waals surface area contributed by atoms with E-state index in [0.717, 1.165) is 20.1 Å². The molecule has 2 rings (SSSR count). The van der Waals surface area contributed by atoms with Gasteiger partial charge in [-0.2, -0.15) is 0 Å². The van der Waals surface area contributed by atoms with Gasteiger partial charge in [-0.3, -0.25) is 0 Å². The number of rotatable bonds is 3. The molecule has 0 spiro atoms. The van der Waals surface area contributed by atoms with E-state index in [1.807, 2.05) is 36.4 Å². The Morgan fingerprint density at radius 2 is 1.84 bits per heavy atom. The maximum atomic E-state index is 6.53. The minimum absolute atomic E-state index is 0.282. The van der Waals surface area contributed by atoms with Crippen LogP contribution in [-0.2, 0) is 0 Å². The molecule has 100 valence electrons. The number of alkyl halides is 1. The van der Waals surface area contributed by atoms with Crippen molar-refractivity contribution in [1.29, 1.82) is 0 Å². The number of hydrogen-bond donors (Lipinski definition) is 0. The van der Waals surface area contributed by atoms with Crippen LogP contribution in [-0.4, -0.2) is 7.11 Å². The van der Waals surface area contributed by atoms with Crippen molar-refractivity contribution in [3.63, 3.8) is 0 Å². The lowest BCUT2D eigenvalue weighted by atomic mass is 10.0. The molecule has 1 atom stereocenters. The average molecular weight is 425 g/mol. The molecule has 0 aliphatic carbocycles. The lowest BCUT2D eigenvalue weighted by molar-refractivity contribution is 0.415. The molecular weight excluding hydrogens is 415 g/mol. The topological polar surface area (TPSA) is 9.23 Å². The van der Waals surface area contributed by atoms with Crippen LogP contribution in [0.15, 0.2) is 45.3 Å². The van der Waals surface area contributed by atoms with E-state index < -0.39 is 0 Å². The fraction of sp³-hybridized carbons (Fsp3) is 0.143. The number of ether oxygens (including phenoxy) is 1. The fourth-order valence-corrected chi connectivity index (χ4v) is 3.30. The quantitative estimate of drug-likeness (QED) is 0.533. The molecule has 2 aromatic carbocycles. The van der Waals surface area contributed by atoms with Gasteiger partial charge < -0.3 is 4.74 Å². The highest BCUT2D eigenvalue weighted by molar-refractivity contribution is 9.11. The molecule has 0 bridgehead atoms. The van der Waals surface area contributed by atoms with Gasteiger partial charge in [0, 0.05) is 8.95 Å². The summed E-state index contributed by atoms with van der Waals surface area (Å²) in [5, 5.41) is 0.270. The minimum atomic E-state index is -0.282. The Kier molecular flexibility index (Phi) is 5.18. The Morgan fingerprint density at radius 3 is 2.47 bits per heavy atom. The molecule has 0 aromatic heterocycles. The Balaban J connectivity index is 2.41. The van der Waals surface area contributed by atoms with Crippen molar-refractivity contribution in [3.8, 4) is 5.75 Å². The maximum absolute atomic E-state index is 6.53. The van der Waals surface area contributed by atoms with Gasteiger partial charge in [0.2, 0.25) is 0 Å². The second-order valence-electron chi connectivity index (χ2n) is 3.92. The van der Waals surface area contributed by atoms with E-state index in [0.29, 0.717) is 10.8 Å². The van der Waals surface area contributed by atoms with E-state index in [-0.39, 0.29) is 5.38 Å². The average Bonchev–Trinajstić information content (AvgIpc) is 2.40. The van der Waals surface area contributed by atoms with Crippen LogP contribution in [0.4, 0.5) is 0 Å². The second kappa shape index (κ2) is 6.49. The SMILES string of the molecule is COc1ccc(C(Cl)c2cc(Br)ccc2Br)cc1Cl. The molecule has 0 aliphatic rings. The molecule has 19 heavy (non-hydrogen) atoms. The first-order chi connectivity index (χ1) is 9.02. The third-order valence-electron chi connectivity index (χ3n) is 2.70. The van der Waals surface area contributed by atoms with E-state index in [1.54, 1.807) is 7.11 Å². The van der Waals surface area contributed by atoms with Crippen LogP contribution in [0.5, 0.6) is 5.75 Å². The summed E-state index contributed by atoms with van der Waals surface area (Å²) in [5.74, 6) is 0.641. The molecule has 0 radical (unpaired) electrons. The predicted octanol–water partition coefficient (Wildman–Crippen LogP) is 6.20. The Morgan fingerprint density at radius 1 is 1.11 bits per heavy atom. The third-order valence-corrected chi connectivity index (χ3v) is 4.70. The van der Waals surface area contributed by atoms with E-state index in [1.165, 1.54) is 0 Å². The third kappa shape index (κ3) is 3.46. The normalized spacial score (nSPS) is 12.3. The highest BCUT2D eigenvalue weighted by atomic mass is 79.9. The molecule has 2 aromatic rings. The Labute approximate surface area is 139 Å². The molecule has 0 saturated heterocycles. The first kappa shape index (κ1) is 15.2. The van der Waals surface area contributed by atoms with Crippen LogP contribution >= 0.6 is 55.1 Å². The van der Waals surface area contributed by atoms with Gasteiger partial charge in [-0.1, -0.05) is 49.5 Å². The highest BCUT2D eigenvalue weighted by Gasteiger charge is 2.16.